The predicted octanol–water partition coefficient (Wildman–Crippen LogP) is 2.97. The molecule has 13 heavy (non-hydrogen) atoms. The van der Waals surface area contributed by atoms with Crippen molar-refractivity contribution in [3.8, 4) is 0 Å². The molecule has 0 bridgehead atoms. The molecule has 0 spiro atoms. The Morgan fingerprint density at radius 3 is 2.77 bits per heavy atom. The van der Waals surface area contributed by atoms with Gasteiger partial charge in [0.2, 0.25) is 0 Å². The van der Waals surface area contributed by atoms with Gasteiger partial charge in [-0.3, -0.25) is 0 Å². The molecular formula is C12H15N. The van der Waals surface area contributed by atoms with Crippen molar-refractivity contribution in [2.24, 2.45) is 0 Å². The summed E-state index contributed by atoms with van der Waals surface area (Å²) >= 11 is 0. The minimum atomic E-state index is 0.540. The van der Waals surface area contributed by atoms with E-state index in [1.54, 1.807) is 0 Å². The van der Waals surface area contributed by atoms with Gasteiger partial charge in [-0.05, 0) is 31.9 Å². The van der Waals surface area contributed by atoms with Gasteiger partial charge in [0.25, 0.3) is 0 Å². The first-order valence-corrected chi connectivity index (χ1v) is 4.82. The molecule has 0 unspecified atom stereocenters. The lowest BCUT2D eigenvalue weighted by molar-refractivity contribution is 0.770. The van der Waals surface area contributed by atoms with Crippen LogP contribution in [0.2, 0.25) is 0 Å². The van der Waals surface area contributed by atoms with Gasteiger partial charge in [0.15, 0.2) is 0 Å². The summed E-state index contributed by atoms with van der Waals surface area (Å²) in [5, 5.41) is 0. The maximum Gasteiger partial charge on any atom is 0.0444 e. The largest absolute Gasteiger partial charge is 0.346 e. The maximum atomic E-state index is 2.32. The molecule has 0 aliphatic carbocycles. The molecule has 0 saturated heterocycles. The fourth-order valence-electron chi connectivity index (χ4n) is 1.76. The number of para-hydroxylation sites is 1. The summed E-state index contributed by atoms with van der Waals surface area (Å²) in [4.78, 5) is 2.32. The van der Waals surface area contributed by atoms with Gasteiger partial charge in [-0.1, -0.05) is 24.3 Å². The number of hydrogen-bond donors (Lipinski definition) is 0. The number of benzene rings is 1. The van der Waals surface area contributed by atoms with Crippen LogP contribution >= 0.6 is 0 Å². The number of hydrogen-bond acceptors (Lipinski definition) is 1. The van der Waals surface area contributed by atoms with Gasteiger partial charge < -0.3 is 4.90 Å². The van der Waals surface area contributed by atoms with Gasteiger partial charge >= 0.3 is 0 Å². The van der Waals surface area contributed by atoms with E-state index >= 15 is 0 Å². The average molecular weight is 173 g/mol. The van der Waals surface area contributed by atoms with Crippen LogP contribution in [-0.2, 0) is 6.42 Å². The van der Waals surface area contributed by atoms with Crippen molar-refractivity contribution in [2.45, 2.75) is 26.3 Å². The summed E-state index contributed by atoms with van der Waals surface area (Å²) in [6, 6.07) is 9.15. The van der Waals surface area contributed by atoms with Gasteiger partial charge in [-0.25, -0.2) is 0 Å². The fraction of sp³-hybridized carbons (Fsp3) is 0.333. The fourth-order valence-corrected chi connectivity index (χ4v) is 1.76. The molecule has 1 aliphatic heterocycles. The number of allylic oxidation sites excluding steroid dienone is 1. The van der Waals surface area contributed by atoms with E-state index in [1.807, 2.05) is 0 Å². The highest BCUT2D eigenvalue weighted by Crippen LogP contribution is 2.26. The standard InChI is InChI=1S/C12H15N/c1-10(2)13-9-5-7-11-6-3-4-8-12(11)13/h3-6,8-10H,7H2,1-2H3. The second kappa shape index (κ2) is 3.25. The first kappa shape index (κ1) is 8.36. The zero-order valence-electron chi connectivity index (χ0n) is 8.20. The molecule has 0 N–H and O–H groups in total. The Morgan fingerprint density at radius 1 is 1.23 bits per heavy atom. The minimum Gasteiger partial charge on any atom is -0.346 e. The highest BCUT2D eigenvalue weighted by molar-refractivity contribution is 5.59. The molecule has 2 rings (SSSR count). The number of fused-ring (bicyclic) bond motifs is 1. The Bertz CT molecular complexity index is 326. The average Bonchev–Trinajstić information content (AvgIpc) is 2.17. The summed E-state index contributed by atoms with van der Waals surface area (Å²) in [5.74, 6) is 0. The van der Waals surface area contributed by atoms with E-state index < -0.39 is 0 Å². The molecule has 0 aromatic heterocycles. The number of nitrogens with zero attached hydrogens (tertiary/aromatic N) is 1. The van der Waals surface area contributed by atoms with Crippen molar-refractivity contribution in [3.05, 3.63) is 42.1 Å². The van der Waals surface area contributed by atoms with Crippen LogP contribution in [0.1, 0.15) is 19.4 Å². The van der Waals surface area contributed by atoms with E-state index in [4.69, 9.17) is 0 Å². The molecule has 0 atom stereocenters. The van der Waals surface area contributed by atoms with Crippen LogP contribution in [0.3, 0.4) is 0 Å². The number of rotatable bonds is 1. The second-order valence-corrected chi connectivity index (χ2v) is 3.72. The molecule has 1 aromatic carbocycles. The van der Waals surface area contributed by atoms with Crippen molar-refractivity contribution in [2.75, 3.05) is 4.90 Å². The molecule has 1 aromatic rings. The summed E-state index contributed by atoms with van der Waals surface area (Å²) < 4.78 is 0. The van der Waals surface area contributed by atoms with Crippen LogP contribution in [0.25, 0.3) is 0 Å². The maximum absolute atomic E-state index is 2.32. The lowest BCUT2D eigenvalue weighted by Gasteiger charge is -2.29. The Hall–Kier alpha value is -1.24. The molecule has 1 nitrogen and oxygen atoms in total. The van der Waals surface area contributed by atoms with Crippen LogP contribution in [0, 0.1) is 0 Å². The highest BCUT2D eigenvalue weighted by atomic mass is 15.1. The van der Waals surface area contributed by atoms with E-state index in [2.05, 4.69) is 55.3 Å². The van der Waals surface area contributed by atoms with Gasteiger partial charge in [0, 0.05) is 17.9 Å². The SMILES string of the molecule is CC(C)N1C=CCc2ccccc21. The Balaban J connectivity index is 2.42. The van der Waals surface area contributed by atoms with Crippen LogP contribution in [0.5, 0.6) is 0 Å². The predicted molar refractivity (Wildman–Crippen MR) is 56.9 cm³/mol. The lowest BCUT2D eigenvalue weighted by atomic mass is 10.0. The van der Waals surface area contributed by atoms with Crippen LogP contribution < -0.4 is 4.90 Å². The van der Waals surface area contributed by atoms with Gasteiger partial charge in [-0.15, -0.1) is 0 Å². The van der Waals surface area contributed by atoms with Crippen LogP contribution in [0.4, 0.5) is 5.69 Å². The van der Waals surface area contributed by atoms with Crippen LogP contribution in [-0.4, -0.2) is 6.04 Å². The van der Waals surface area contributed by atoms with Gasteiger partial charge in [0.1, 0.15) is 0 Å². The normalized spacial score (nSPS) is 14.8. The third-order valence-electron chi connectivity index (χ3n) is 2.43. The molecule has 0 radical (unpaired) electrons. The molecule has 1 heterocycles. The Labute approximate surface area is 79.7 Å². The number of anilines is 1. The van der Waals surface area contributed by atoms with E-state index in [9.17, 15) is 0 Å². The summed E-state index contributed by atoms with van der Waals surface area (Å²) in [5.41, 5.74) is 2.79. The molecule has 0 fully saturated rings. The van der Waals surface area contributed by atoms with Gasteiger partial charge in [0.05, 0.1) is 0 Å². The molecule has 1 heteroatoms. The Kier molecular flexibility index (Phi) is 2.09. The van der Waals surface area contributed by atoms with E-state index in [0.29, 0.717) is 6.04 Å². The minimum absolute atomic E-state index is 0.540. The molecule has 1 aliphatic rings. The summed E-state index contributed by atoms with van der Waals surface area (Å²) in [6.07, 6.45) is 5.48. The summed E-state index contributed by atoms with van der Waals surface area (Å²) in [6.45, 7) is 4.43. The monoisotopic (exact) mass is 173 g/mol. The molecular weight excluding hydrogens is 158 g/mol. The first-order valence-electron chi connectivity index (χ1n) is 4.82. The van der Waals surface area contributed by atoms with Crippen LogP contribution in [0.15, 0.2) is 36.5 Å². The van der Waals surface area contributed by atoms with Crippen molar-refractivity contribution in [1.82, 2.24) is 0 Å². The quantitative estimate of drug-likeness (QED) is 0.631. The molecule has 68 valence electrons. The van der Waals surface area contributed by atoms with Crippen molar-refractivity contribution in [3.63, 3.8) is 0 Å². The smallest absolute Gasteiger partial charge is 0.0444 e. The molecule has 0 amide bonds. The third kappa shape index (κ3) is 1.46. The zero-order valence-corrected chi connectivity index (χ0v) is 8.20. The van der Waals surface area contributed by atoms with Crippen molar-refractivity contribution in [1.29, 1.82) is 0 Å². The van der Waals surface area contributed by atoms with E-state index in [0.717, 1.165) is 6.42 Å². The molecule has 0 saturated carbocycles. The first-order chi connectivity index (χ1) is 6.29. The van der Waals surface area contributed by atoms with Crippen molar-refractivity contribution < 1.29 is 0 Å². The highest BCUT2D eigenvalue weighted by Gasteiger charge is 2.13. The van der Waals surface area contributed by atoms with E-state index in [1.165, 1.54) is 11.3 Å². The Morgan fingerprint density at radius 2 is 2.00 bits per heavy atom. The van der Waals surface area contributed by atoms with Crippen molar-refractivity contribution >= 4 is 5.69 Å². The lowest BCUT2D eigenvalue weighted by Crippen LogP contribution is -2.27. The zero-order chi connectivity index (χ0) is 9.26. The topological polar surface area (TPSA) is 3.24 Å². The van der Waals surface area contributed by atoms with Gasteiger partial charge in [-0.2, -0.15) is 0 Å². The third-order valence-corrected chi connectivity index (χ3v) is 2.43. The van der Waals surface area contributed by atoms with E-state index in [-0.39, 0.29) is 0 Å². The second-order valence-electron chi connectivity index (χ2n) is 3.72. The summed E-state index contributed by atoms with van der Waals surface area (Å²) in [7, 11) is 0.